The molecule has 0 fully saturated rings. The molecule has 3 rings (SSSR count). The van der Waals surface area contributed by atoms with Crippen LogP contribution in [0.5, 0.6) is 0 Å². The van der Waals surface area contributed by atoms with Crippen molar-refractivity contribution in [2.75, 3.05) is 0 Å². The van der Waals surface area contributed by atoms with Crippen LogP contribution in [0.25, 0.3) is 10.8 Å². The molecule has 2 aromatic carbocycles. The van der Waals surface area contributed by atoms with Gasteiger partial charge in [-0.05, 0) is 17.0 Å². The van der Waals surface area contributed by atoms with Gasteiger partial charge in [-0.25, -0.2) is 0 Å². The van der Waals surface area contributed by atoms with Gasteiger partial charge in [-0.2, -0.15) is 0 Å². The maximum absolute atomic E-state index is 11.3. The number of hydrogen-bond donors (Lipinski definition) is 0. The average Bonchev–Trinajstić information content (AvgIpc) is 2.49. The van der Waals surface area contributed by atoms with Gasteiger partial charge in [-0.1, -0.05) is 59.8 Å². The molecule has 0 N–H and O–H groups in total. The summed E-state index contributed by atoms with van der Waals surface area (Å²) < 4.78 is 0. The lowest BCUT2D eigenvalue weighted by molar-refractivity contribution is 0.834. The quantitative estimate of drug-likeness (QED) is 0.655. The lowest BCUT2D eigenvalue weighted by Gasteiger charge is -2.11. The molecule has 0 saturated heterocycles. The van der Waals surface area contributed by atoms with Crippen molar-refractivity contribution in [3.05, 3.63) is 83.0 Å². The monoisotopic (exact) mass is 248 g/mol. The third-order valence-corrected chi connectivity index (χ3v) is 3.18. The molecule has 1 aromatic heterocycles. The fraction of sp³-hybridized carbons (Fsp3) is 0.0625. The third-order valence-electron chi connectivity index (χ3n) is 3.18. The molecule has 1 atom stereocenters. The second-order valence-electron chi connectivity index (χ2n) is 4.34. The zero-order valence-electron chi connectivity index (χ0n) is 10.2. The van der Waals surface area contributed by atoms with Crippen molar-refractivity contribution in [2.45, 2.75) is 6.04 Å². The van der Waals surface area contributed by atoms with Gasteiger partial charge in [0.1, 0.15) is 0 Å². The lowest BCUT2D eigenvalue weighted by Crippen LogP contribution is -2.01. The van der Waals surface area contributed by atoms with E-state index < -0.39 is 6.04 Å². The number of benzene rings is 2. The van der Waals surface area contributed by atoms with E-state index in [4.69, 9.17) is 0 Å². The van der Waals surface area contributed by atoms with E-state index in [1.165, 1.54) is 0 Å². The van der Waals surface area contributed by atoms with Crippen LogP contribution in [0.4, 0.5) is 0 Å². The van der Waals surface area contributed by atoms with Crippen molar-refractivity contribution in [3.63, 3.8) is 0 Å². The Morgan fingerprint density at radius 3 is 2.42 bits per heavy atom. The minimum atomic E-state index is -0.563. The molecular formula is C16H12N2O. The zero-order valence-corrected chi connectivity index (χ0v) is 10.2. The smallest absolute Gasteiger partial charge is 0.159 e. The van der Waals surface area contributed by atoms with E-state index in [-0.39, 0.29) is 0 Å². The Labute approximate surface area is 110 Å². The molecule has 1 unspecified atom stereocenters. The Morgan fingerprint density at radius 2 is 1.63 bits per heavy atom. The van der Waals surface area contributed by atoms with Gasteiger partial charge in [0, 0.05) is 11.6 Å². The van der Waals surface area contributed by atoms with Crippen molar-refractivity contribution in [1.82, 2.24) is 4.98 Å². The molecule has 0 spiro atoms. The number of nitroso groups, excluding NO2 is 1. The number of aromatic nitrogens is 1. The Hall–Kier alpha value is -2.55. The number of hydrogen-bond acceptors (Lipinski definition) is 3. The molecule has 0 bridgehead atoms. The Balaban J connectivity index is 2.20. The molecule has 0 aliphatic heterocycles. The lowest BCUT2D eigenvalue weighted by atomic mass is 9.99. The standard InChI is InChI=1S/C16H12N2O/c19-18-15(13-7-2-1-3-8-13)16-14-9-5-4-6-12(14)10-11-17-16/h1-11,15H. The zero-order chi connectivity index (χ0) is 13.1. The summed E-state index contributed by atoms with van der Waals surface area (Å²) >= 11 is 0. The third kappa shape index (κ3) is 2.10. The normalized spacial score (nSPS) is 12.2. The molecule has 19 heavy (non-hydrogen) atoms. The number of nitrogens with zero attached hydrogens (tertiary/aromatic N) is 2. The van der Waals surface area contributed by atoms with E-state index in [1.807, 2.05) is 60.7 Å². The fourth-order valence-electron chi connectivity index (χ4n) is 2.26. The topological polar surface area (TPSA) is 42.3 Å². The minimum Gasteiger partial charge on any atom is -0.258 e. The van der Waals surface area contributed by atoms with Crippen LogP contribution in [0.3, 0.4) is 0 Å². The molecule has 3 aromatic rings. The Kier molecular flexibility index (Phi) is 3.02. The average molecular weight is 248 g/mol. The van der Waals surface area contributed by atoms with Crippen LogP contribution in [-0.4, -0.2) is 4.98 Å². The maximum Gasteiger partial charge on any atom is 0.159 e. The number of fused-ring (bicyclic) bond motifs is 1. The first-order valence-corrected chi connectivity index (χ1v) is 6.11. The molecule has 0 aliphatic carbocycles. The van der Waals surface area contributed by atoms with E-state index in [2.05, 4.69) is 10.2 Å². The predicted octanol–water partition coefficient (Wildman–Crippen LogP) is 4.09. The summed E-state index contributed by atoms with van der Waals surface area (Å²) in [5, 5.41) is 5.30. The van der Waals surface area contributed by atoms with E-state index in [0.29, 0.717) is 5.69 Å². The van der Waals surface area contributed by atoms with Crippen molar-refractivity contribution in [3.8, 4) is 0 Å². The van der Waals surface area contributed by atoms with E-state index in [1.54, 1.807) is 6.20 Å². The van der Waals surface area contributed by atoms with E-state index >= 15 is 0 Å². The molecular weight excluding hydrogens is 236 g/mol. The summed E-state index contributed by atoms with van der Waals surface area (Å²) in [6, 6.07) is 18.8. The van der Waals surface area contributed by atoms with E-state index in [0.717, 1.165) is 16.3 Å². The SMILES string of the molecule is O=NC(c1ccccc1)c1nccc2ccccc12. The van der Waals surface area contributed by atoms with Gasteiger partial charge in [0.15, 0.2) is 6.04 Å². The van der Waals surface area contributed by atoms with Gasteiger partial charge in [-0.3, -0.25) is 4.98 Å². The van der Waals surface area contributed by atoms with Crippen molar-refractivity contribution < 1.29 is 0 Å². The number of pyridine rings is 1. The molecule has 3 nitrogen and oxygen atoms in total. The second-order valence-corrected chi connectivity index (χ2v) is 4.34. The summed E-state index contributed by atoms with van der Waals surface area (Å²) in [6.07, 6.45) is 1.72. The highest BCUT2D eigenvalue weighted by molar-refractivity contribution is 5.85. The Morgan fingerprint density at radius 1 is 0.895 bits per heavy atom. The van der Waals surface area contributed by atoms with Crippen LogP contribution in [0.15, 0.2) is 72.0 Å². The van der Waals surface area contributed by atoms with Crippen LogP contribution < -0.4 is 0 Å². The van der Waals surface area contributed by atoms with Crippen LogP contribution in [-0.2, 0) is 0 Å². The minimum absolute atomic E-state index is 0.563. The molecule has 1 heterocycles. The molecule has 0 aliphatic rings. The highest BCUT2D eigenvalue weighted by atomic mass is 16.3. The summed E-state index contributed by atoms with van der Waals surface area (Å²) in [7, 11) is 0. The first-order chi connectivity index (χ1) is 9.40. The first-order valence-electron chi connectivity index (χ1n) is 6.11. The fourth-order valence-corrected chi connectivity index (χ4v) is 2.26. The maximum atomic E-state index is 11.3. The summed E-state index contributed by atoms with van der Waals surface area (Å²) in [5.74, 6) is 0. The van der Waals surface area contributed by atoms with Gasteiger partial charge in [0.2, 0.25) is 0 Å². The van der Waals surface area contributed by atoms with Crippen molar-refractivity contribution >= 4 is 10.8 Å². The molecule has 92 valence electrons. The predicted molar refractivity (Wildman–Crippen MR) is 75.8 cm³/mol. The molecule has 3 heteroatoms. The highest BCUT2D eigenvalue weighted by Gasteiger charge is 2.18. The molecule has 0 saturated carbocycles. The first kappa shape index (κ1) is 11.5. The van der Waals surface area contributed by atoms with Gasteiger partial charge in [0.05, 0.1) is 5.69 Å². The van der Waals surface area contributed by atoms with Gasteiger partial charge >= 0.3 is 0 Å². The van der Waals surface area contributed by atoms with Crippen molar-refractivity contribution in [1.29, 1.82) is 0 Å². The molecule has 0 radical (unpaired) electrons. The summed E-state index contributed by atoms with van der Waals surface area (Å²) in [6.45, 7) is 0. The second kappa shape index (κ2) is 4.98. The van der Waals surface area contributed by atoms with Crippen LogP contribution in [0, 0.1) is 4.91 Å². The van der Waals surface area contributed by atoms with Crippen LogP contribution in [0.1, 0.15) is 17.3 Å². The largest absolute Gasteiger partial charge is 0.258 e. The van der Waals surface area contributed by atoms with Gasteiger partial charge in [0.25, 0.3) is 0 Å². The van der Waals surface area contributed by atoms with E-state index in [9.17, 15) is 4.91 Å². The van der Waals surface area contributed by atoms with Crippen LogP contribution >= 0.6 is 0 Å². The van der Waals surface area contributed by atoms with Crippen LogP contribution in [0.2, 0.25) is 0 Å². The van der Waals surface area contributed by atoms with Gasteiger partial charge in [-0.15, -0.1) is 4.91 Å². The van der Waals surface area contributed by atoms with Crippen molar-refractivity contribution in [2.24, 2.45) is 5.18 Å². The summed E-state index contributed by atoms with van der Waals surface area (Å²) in [5.41, 5.74) is 1.57. The number of rotatable bonds is 3. The highest BCUT2D eigenvalue weighted by Crippen LogP contribution is 2.29. The molecule has 0 amide bonds. The van der Waals surface area contributed by atoms with Gasteiger partial charge < -0.3 is 0 Å². The summed E-state index contributed by atoms with van der Waals surface area (Å²) in [4.78, 5) is 15.6. The Bertz CT molecular complexity index is 705.